The van der Waals surface area contributed by atoms with Crippen LogP contribution in [0.15, 0.2) is 59.9 Å². The van der Waals surface area contributed by atoms with Crippen LogP contribution < -0.4 is 9.47 Å². The molecule has 30 heavy (non-hydrogen) atoms. The molecule has 1 N–H and O–H groups in total. The summed E-state index contributed by atoms with van der Waals surface area (Å²) in [7, 11) is 1.57. The Morgan fingerprint density at radius 1 is 1.13 bits per heavy atom. The van der Waals surface area contributed by atoms with E-state index in [4.69, 9.17) is 9.47 Å². The number of ether oxygens (including phenoxy) is 2. The molecule has 1 aliphatic heterocycles. The SMILES string of the molecule is CCOc1ccc(C2C(C(=O)C(C)C)=C(O)C(=O)N2Cc2ccccc2OC)cc1. The molecule has 158 valence electrons. The number of Topliss-reactive ketones (excluding diaryl/α,β-unsaturated/α-hetero) is 1. The zero-order valence-corrected chi connectivity index (χ0v) is 17.7. The minimum atomic E-state index is -0.687. The molecule has 1 heterocycles. The second-order valence-electron chi connectivity index (χ2n) is 7.43. The van der Waals surface area contributed by atoms with Crippen LogP contribution >= 0.6 is 0 Å². The van der Waals surface area contributed by atoms with E-state index in [9.17, 15) is 14.7 Å². The van der Waals surface area contributed by atoms with Gasteiger partial charge in [-0.2, -0.15) is 0 Å². The number of hydrogen-bond acceptors (Lipinski definition) is 5. The third kappa shape index (κ3) is 4.03. The molecule has 0 saturated carbocycles. The molecule has 0 radical (unpaired) electrons. The highest BCUT2D eigenvalue weighted by Crippen LogP contribution is 2.40. The highest BCUT2D eigenvalue weighted by molar-refractivity contribution is 6.09. The van der Waals surface area contributed by atoms with Crippen LogP contribution in [0.2, 0.25) is 0 Å². The molecule has 1 atom stereocenters. The van der Waals surface area contributed by atoms with E-state index < -0.39 is 17.7 Å². The predicted octanol–water partition coefficient (Wildman–Crippen LogP) is 4.21. The fourth-order valence-corrected chi connectivity index (χ4v) is 3.66. The first kappa shape index (κ1) is 21.4. The Morgan fingerprint density at radius 3 is 2.40 bits per heavy atom. The van der Waals surface area contributed by atoms with E-state index in [0.29, 0.717) is 18.1 Å². The van der Waals surface area contributed by atoms with Gasteiger partial charge in [0.2, 0.25) is 0 Å². The molecule has 0 spiro atoms. The van der Waals surface area contributed by atoms with Gasteiger partial charge in [-0.1, -0.05) is 44.2 Å². The quantitative estimate of drug-likeness (QED) is 0.707. The van der Waals surface area contributed by atoms with Gasteiger partial charge in [0.25, 0.3) is 5.91 Å². The van der Waals surface area contributed by atoms with Crippen molar-refractivity contribution in [3.05, 3.63) is 71.0 Å². The standard InChI is InChI=1S/C24H27NO5/c1-5-30-18-12-10-16(11-13-18)21-20(22(26)15(2)3)23(27)24(28)25(21)14-17-8-6-7-9-19(17)29-4/h6-13,15,21,27H,5,14H2,1-4H3. The Hall–Kier alpha value is -3.28. The van der Waals surface area contributed by atoms with Gasteiger partial charge in [-0.25, -0.2) is 0 Å². The van der Waals surface area contributed by atoms with Crippen molar-refractivity contribution in [2.75, 3.05) is 13.7 Å². The van der Waals surface area contributed by atoms with E-state index in [1.54, 1.807) is 33.1 Å². The molecule has 6 heteroatoms. The molecule has 6 nitrogen and oxygen atoms in total. The summed E-state index contributed by atoms with van der Waals surface area (Å²) in [5, 5.41) is 10.6. The Kier molecular flexibility index (Phi) is 6.45. The molecule has 0 aliphatic carbocycles. The number of aliphatic hydroxyl groups is 1. The monoisotopic (exact) mass is 409 g/mol. The molecular weight excluding hydrogens is 382 g/mol. The first-order chi connectivity index (χ1) is 14.4. The van der Waals surface area contributed by atoms with Gasteiger partial charge in [0.05, 0.1) is 31.9 Å². The molecule has 3 rings (SSSR count). The van der Waals surface area contributed by atoms with Crippen molar-refractivity contribution in [2.45, 2.75) is 33.4 Å². The average molecular weight is 409 g/mol. The summed E-state index contributed by atoms with van der Waals surface area (Å²) in [5.74, 6) is -0.314. The maximum Gasteiger partial charge on any atom is 0.290 e. The number of rotatable bonds is 8. The van der Waals surface area contributed by atoms with E-state index in [1.807, 2.05) is 43.3 Å². The van der Waals surface area contributed by atoms with Crippen LogP contribution in [0, 0.1) is 5.92 Å². The minimum Gasteiger partial charge on any atom is -0.503 e. The van der Waals surface area contributed by atoms with Crippen LogP contribution in [0.3, 0.4) is 0 Å². The third-order valence-corrected chi connectivity index (χ3v) is 5.13. The van der Waals surface area contributed by atoms with Crippen molar-refractivity contribution in [2.24, 2.45) is 5.92 Å². The fourth-order valence-electron chi connectivity index (χ4n) is 3.66. The Labute approximate surface area is 176 Å². The molecule has 0 fully saturated rings. The molecular formula is C24H27NO5. The highest BCUT2D eigenvalue weighted by Gasteiger charge is 2.44. The lowest BCUT2D eigenvalue weighted by molar-refractivity contribution is -0.130. The van der Waals surface area contributed by atoms with Gasteiger partial charge in [0.1, 0.15) is 11.5 Å². The first-order valence-corrected chi connectivity index (χ1v) is 10.0. The van der Waals surface area contributed by atoms with E-state index >= 15 is 0 Å². The number of carbonyl (C=O) groups excluding carboxylic acids is 2. The van der Waals surface area contributed by atoms with Gasteiger partial charge in [-0.15, -0.1) is 0 Å². The normalized spacial score (nSPS) is 16.4. The van der Waals surface area contributed by atoms with Crippen LogP contribution in [-0.2, 0) is 16.1 Å². The number of hydrogen-bond donors (Lipinski definition) is 1. The van der Waals surface area contributed by atoms with Crippen molar-refractivity contribution in [1.82, 2.24) is 4.90 Å². The third-order valence-electron chi connectivity index (χ3n) is 5.13. The largest absolute Gasteiger partial charge is 0.503 e. The number of para-hydroxylation sites is 1. The molecule has 0 aromatic heterocycles. The van der Waals surface area contributed by atoms with Crippen LogP contribution in [0.1, 0.15) is 37.9 Å². The van der Waals surface area contributed by atoms with Crippen molar-refractivity contribution in [3.63, 3.8) is 0 Å². The van der Waals surface area contributed by atoms with Crippen LogP contribution in [0.4, 0.5) is 0 Å². The molecule has 2 aromatic carbocycles. The van der Waals surface area contributed by atoms with Gasteiger partial charge >= 0.3 is 0 Å². The predicted molar refractivity (Wildman–Crippen MR) is 113 cm³/mol. The van der Waals surface area contributed by atoms with Gasteiger partial charge in [-0.3, -0.25) is 9.59 Å². The summed E-state index contributed by atoms with van der Waals surface area (Å²) >= 11 is 0. The lowest BCUT2D eigenvalue weighted by Gasteiger charge is -2.28. The summed E-state index contributed by atoms with van der Waals surface area (Å²) in [6.45, 7) is 6.15. The smallest absolute Gasteiger partial charge is 0.290 e. The first-order valence-electron chi connectivity index (χ1n) is 10.0. The van der Waals surface area contributed by atoms with Gasteiger partial charge < -0.3 is 19.5 Å². The topological polar surface area (TPSA) is 76.1 Å². The zero-order valence-electron chi connectivity index (χ0n) is 17.7. The molecule has 1 aliphatic rings. The van der Waals surface area contributed by atoms with Crippen molar-refractivity contribution in [1.29, 1.82) is 0 Å². The summed E-state index contributed by atoms with van der Waals surface area (Å²) < 4.78 is 10.9. The number of ketones is 1. The molecule has 0 bridgehead atoms. The van der Waals surface area contributed by atoms with Crippen LogP contribution in [-0.4, -0.2) is 35.4 Å². The lowest BCUT2D eigenvalue weighted by Crippen LogP contribution is -2.31. The number of nitrogens with zero attached hydrogens (tertiary/aromatic N) is 1. The maximum atomic E-state index is 13.0. The summed E-state index contributed by atoms with van der Waals surface area (Å²) in [4.78, 5) is 27.4. The minimum absolute atomic E-state index is 0.133. The number of benzene rings is 2. The van der Waals surface area contributed by atoms with Gasteiger partial charge in [-0.05, 0) is 30.7 Å². The number of carbonyl (C=O) groups is 2. The van der Waals surface area contributed by atoms with Crippen LogP contribution in [0.25, 0.3) is 0 Å². The van der Waals surface area contributed by atoms with E-state index in [1.165, 1.54) is 4.90 Å². The number of amides is 1. The maximum absolute atomic E-state index is 13.0. The zero-order chi connectivity index (χ0) is 21.8. The van der Waals surface area contributed by atoms with E-state index in [0.717, 1.165) is 11.1 Å². The molecule has 1 amide bonds. The van der Waals surface area contributed by atoms with Gasteiger partial charge in [0.15, 0.2) is 11.5 Å². The molecule has 2 aromatic rings. The fraction of sp³-hybridized carbons (Fsp3) is 0.333. The Bertz CT molecular complexity index is 962. The van der Waals surface area contributed by atoms with Crippen molar-refractivity contribution in [3.8, 4) is 11.5 Å². The summed E-state index contributed by atoms with van der Waals surface area (Å²) in [5.41, 5.74) is 1.65. The highest BCUT2D eigenvalue weighted by atomic mass is 16.5. The van der Waals surface area contributed by atoms with Crippen molar-refractivity contribution < 1.29 is 24.2 Å². The number of aliphatic hydroxyl groups excluding tert-OH is 1. The summed E-state index contributed by atoms with van der Waals surface area (Å²) in [6.07, 6.45) is 0. The second-order valence-corrected chi connectivity index (χ2v) is 7.43. The molecule has 0 saturated heterocycles. The van der Waals surface area contributed by atoms with E-state index in [2.05, 4.69) is 0 Å². The van der Waals surface area contributed by atoms with E-state index in [-0.39, 0.29) is 23.8 Å². The molecule has 1 unspecified atom stereocenters. The Morgan fingerprint density at radius 2 is 1.80 bits per heavy atom. The lowest BCUT2D eigenvalue weighted by atomic mass is 9.91. The van der Waals surface area contributed by atoms with Crippen LogP contribution in [0.5, 0.6) is 11.5 Å². The Balaban J connectivity index is 2.06. The number of methoxy groups -OCH3 is 1. The average Bonchev–Trinajstić information content (AvgIpc) is 2.99. The second kappa shape index (κ2) is 9.03. The van der Waals surface area contributed by atoms with Gasteiger partial charge in [0, 0.05) is 11.5 Å². The van der Waals surface area contributed by atoms with Crippen molar-refractivity contribution >= 4 is 11.7 Å². The summed E-state index contributed by atoms with van der Waals surface area (Å²) in [6, 6.07) is 14.0.